The normalized spacial score (nSPS) is 10.4. The number of hydrogen-bond acceptors (Lipinski definition) is 3. The van der Waals surface area contributed by atoms with Crippen LogP contribution in [0.1, 0.15) is 55.5 Å². The summed E-state index contributed by atoms with van der Waals surface area (Å²) in [5, 5.41) is 5.66. The molecule has 2 aromatic rings. The number of halogens is 1. The lowest BCUT2D eigenvalue weighted by atomic mass is 10.1. The van der Waals surface area contributed by atoms with Gasteiger partial charge in [0, 0.05) is 22.8 Å². The molecule has 5 nitrogen and oxygen atoms in total. The van der Waals surface area contributed by atoms with Crippen LogP contribution in [0.2, 0.25) is 0 Å². The van der Waals surface area contributed by atoms with Gasteiger partial charge in [-0.1, -0.05) is 48.2 Å². The summed E-state index contributed by atoms with van der Waals surface area (Å²) in [4.78, 5) is 24.2. The molecule has 0 unspecified atom stereocenters. The van der Waals surface area contributed by atoms with E-state index in [9.17, 15) is 9.59 Å². The number of aryl methyl sites for hydroxylation is 1. The third kappa shape index (κ3) is 6.68. The van der Waals surface area contributed by atoms with Crippen molar-refractivity contribution in [1.82, 2.24) is 0 Å². The Hall–Kier alpha value is -2.34. The van der Waals surface area contributed by atoms with Crippen LogP contribution >= 0.6 is 15.9 Å². The van der Waals surface area contributed by atoms with Gasteiger partial charge in [-0.15, -0.1) is 0 Å². The van der Waals surface area contributed by atoms with Crippen molar-refractivity contribution in [3.05, 3.63) is 52.0 Å². The Labute approximate surface area is 175 Å². The Balaban J connectivity index is 2.13. The number of carbonyl (C=O) groups excluding carboxylic acids is 2. The summed E-state index contributed by atoms with van der Waals surface area (Å²) < 4.78 is 6.66. The number of rotatable bonds is 9. The topological polar surface area (TPSA) is 67.4 Å². The van der Waals surface area contributed by atoms with Gasteiger partial charge in [0.1, 0.15) is 5.75 Å². The second kappa shape index (κ2) is 10.9. The van der Waals surface area contributed by atoms with Crippen LogP contribution in [-0.2, 0) is 4.79 Å². The SMILES string of the molecule is CCCCCCOc1ccc(Br)cc1C(=O)Nc1ccc(C)c(NC(C)=O)c1. The van der Waals surface area contributed by atoms with E-state index in [1.807, 2.05) is 25.1 Å². The monoisotopic (exact) mass is 446 g/mol. The highest BCUT2D eigenvalue weighted by Crippen LogP contribution is 2.26. The van der Waals surface area contributed by atoms with E-state index in [1.165, 1.54) is 19.8 Å². The Morgan fingerprint density at radius 1 is 1.04 bits per heavy atom. The van der Waals surface area contributed by atoms with Gasteiger partial charge in [-0.3, -0.25) is 9.59 Å². The molecule has 0 saturated carbocycles. The summed E-state index contributed by atoms with van der Waals surface area (Å²) in [5.74, 6) is 0.145. The highest BCUT2D eigenvalue weighted by atomic mass is 79.9. The van der Waals surface area contributed by atoms with Gasteiger partial charge in [0.2, 0.25) is 5.91 Å². The van der Waals surface area contributed by atoms with E-state index in [1.54, 1.807) is 18.2 Å². The van der Waals surface area contributed by atoms with Crippen molar-refractivity contribution in [3.8, 4) is 5.75 Å². The summed E-state index contributed by atoms with van der Waals surface area (Å²) in [7, 11) is 0. The molecule has 0 atom stereocenters. The quantitative estimate of drug-likeness (QED) is 0.469. The zero-order valence-corrected chi connectivity index (χ0v) is 18.2. The van der Waals surface area contributed by atoms with Gasteiger partial charge in [-0.05, 0) is 49.2 Å². The minimum atomic E-state index is -0.262. The molecule has 0 radical (unpaired) electrons. The zero-order valence-electron chi connectivity index (χ0n) is 16.6. The molecule has 150 valence electrons. The summed E-state index contributed by atoms with van der Waals surface area (Å²) in [6, 6.07) is 10.8. The average Bonchev–Trinajstić information content (AvgIpc) is 2.65. The molecule has 28 heavy (non-hydrogen) atoms. The Kier molecular flexibility index (Phi) is 8.51. The van der Waals surface area contributed by atoms with Gasteiger partial charge in [0.25, 0.3) is 5.91 Å². The van der Waals surface area contributed by atoms with E-state index in [-0.39, 0.29) is 11.8 Å². The molecule has 2 amide bonds. The van der Waals surface area contributed by atoms with Crippen LogP contribution in [0.15, 0.2) is 40.9 Å². The maximum absolute atomic E-state index is 12.8. The fourth-order valence-electron chi connectivity index (χ4n) is 2.74. The van der Waals surface area contributed by atoms with E-state index >= 15 is 0 Å². The first-order valence-corrected chi connectivity index (χ1v) is 10.3. The molecule has 0 fully saturated rings. The lowest BCUT2D eigenvalue weighted by Crippen LogP contribution is -2.15. The second-order valence-corrected chi connectivity index (χ2v) is 7.63. The molecule has 0 heterocycles. The van der Waals surface area contributed by atoms with E-state index in [0.29, 0.717) is 29.3 Å². The first kappa shape index (κ1) is 22.0. The average molecular weight is 447 g/mol. The van der Waals surface area contributed by atoms with Crippen molar-refractivity contribution < 1.29 is 14.3 Å². The van der Waals surface area contributed by atoms with Gasteiger partial charge in [-0.2, -0.15) is 0 Å². The van der Waals surface area contributed by atoms with Crippen LogP contribution in [0.3, 0.4) is 0 Å². The highest BCUT2D eigenvalue weighted by molar-refractivity contribution is 9.10. The number of anilines is 2. The highest BCUT2D eigenvalue weighted by Gasteiger charge is 2.14. The summed E-state index contributed by atoms with van der Waals surface area (Å²) in [6.45, 7) is 6.10. The number of benzene rings is 2. The van der Waals surface area contributed by atoms with Crippen LogP contribution in [0, 0.1) is 6.92 Å². The van der Waals surface area contributed by atoms with E-state index in [4.69, 9.17) is 4.74 Å². The fourth-order valence-corrected chi connectivity index (χ4v) is 3.10. The van der Waals surface area contributed by atoms with Crippen LogP contribution in [0.4, 0.5) is 11.4 Å². The summed E-state index contributed by atoms with van der Waals surface area (Å²) in [5.41, 5.74) is 2.67. The van der Waals surface area contributed by atoms with Gasteiger partial charge in [0.05, 0.1) is 12.2 Å². The van der Waals surface area contributed by atoms with Gasteiger partial charge in [0.15, 0.2) is 0 Å². The second-order valence-electron chi connectivity index (χ2n) is 6.71. The van der Waals surface area contributed by atoms with E-state index < -0.39 is 0 Å². The van der Waals surface area contributed by atoms with Crippen molar-refractivity contribution in [1.29, 1.82) is 0 Å². The number of nitrogens with one attached hydrogen (secondary N) is 2. The molecule has 2 rings (SSSR count). The lowest BCUT2D eigenvalue weighted by Gasteiger charge is -2.14. The minimum absolute atomic E-state index is 0.155. The number of hydrogen-bond donors (Lipinski definition) is 2. The van der Waals surface area contributed by atoms with Gasteiger partial charge < -0.3 is 15.4 Å². The fraction of sp³-hybridized carbons (Fsp3) is 0.364. The van der Waals surface area contributed by atoms with Crippen molar-refractivity contribution >= 4 is 39.1 Å². The molecule has 0 aliphatic rings. The standard InChI is InChI=1S/C22H27BrN2O3/c1-4-5-6-7-12-28-21-11-9-17(23)13-19(21)22(27)25-18-10-8-15(2)20(14-18)24-16(3)26/h8-11,13-14H,4-7,12H2,1-3H3,(H,24,26)(H,25,27). The molecular formula is C22H27BrN2O3. The molecule has 2 aromatic carbocycles. The maximum atomic E-state index is 12.8. The van der Waals surface area contributed by atoms with Crippen molar-refractivity contribution in [2.75, 3.05) is 17.2 Å². The molecule has 0 saturated heterocycles. The van der Waals surface area contributed by atoms with Crippen LogP contribution in [0.5, 0.6) is 5.75 Å². The first-order chi connectivity index (χ1) is 13.4. The maximum Gasteiger partial charge on any atom is 0.259 e. The Morgan fingerprint density at radius 3 is 2.54 bits per heavy atom. The van der Waals surface area contributed by atoms with Gasteiger partial charge in [-0.25, -0.2) is 0 Å². The van der Waals surface area contributed by atoms with Crippen molar-refractivity contribution in [3.63, 3.8) is 0 Å². The first-order valence-electron chi connectivity index (χ1n) is 9.52. The smallest absolute Gasteiger partial charge is 0.259 e. The van der Waals surface area contributed by atoms with E-state index in [0.717, 1.165) is 22.9 Å². The predicted molar refractivity (Wildman–Crippen MR) is 117 cm³/mol. The number of unbranched alkanes of at least 4 members (excludes halogenated alkanes) is 3. The van der Waals surface area contributed by atoms with E-state index in [2.05, 4.69) is 33.5 Å². The zero-order chi connectivity index (χ0) is 20.5. The number of carbonyl (C=O) groups is 2. The third-order valence-electron chi connectivity index (χ3n) is 4.25. The largest absolute Gasteiger partial charge is 0.493 e. The minimum Gasteiger partial charge on any atom is -0.493 e. The summed E-state index contributed by atoms with van der Waals surface area (Å²) in [6.07, 6.45) is 4.43. The van der Waals surface area contributed by atoms with Gasteiger partial charge >= 0.3 is 0 Å². The summed E-state index contributed by atoms with van der Waals surface area (Å²) >= 11 is 3.42. The molecular weight excluding hydrogens is 420 g/mol. The molecule has 0 aromatic heterocycles. The number of amides is 2. The Morgan fingerprint density at radius 2 is 1.82 bits per heavy atom. The Bertz CT molecular complexity index is 837. The van der Waals surface area contributed by atoms with Crippen molar-refractivity contribution in [2.24, 2.45) is 0 Å². The number of ether oxygens (including phenoxy) is 1. The molecule has 6 heteroatoms. The molecule has 0 aliphatic carbocycles. The molecule has 0 bridgehead atoms. The van der Waals surface area contributed by atoms with Crippen LogP contribution < -0.4 is 15.4 Å². The molecule has 0 aliphatic heterocycles. The molecule has 2 N–H and O–H groups in total. The lowest BCUT2D eigenvalue weighted by molar-refractivity contribution is -0.114. The molecule has 0 spiro atoms. The predicted octanol–water partition coefficient (Wildman–Crippen LogP) is 5.93. The third-order valence-corrected chi connectivity index (χ3v) is 4.74. The van der Waals surface area contributed by atoms with Crippen molar-refractivity contribution in [2.45, 2.75) is 46.5 Å². The van der Waals surface area contributed by atoms with Crippen LogP contribution in [-0.4, -0.2) is 18.4 Å². The van der Waals surface area contributed by atoms with Crippen LogP contribution in [0.25, 0.3) is 0 Å².